The fourth-order valence-corrected chi connectivity index (χ4v) is 4.71. The summed E-state index contributed by atoms with van der Waals surface area (Å²) in [6, 6.07) is 13.7. The van der Waals surface area contributed by atoms with Crippen molar-refractivity contribution in [2.75, 3.05) is 13.1 Å². The summed E-state index contributed by atoms with van der Waals surface area (Å²) in [5, 5.41) is 3.13. The van der Waals surface area contributed by atoms with Gasteiger partial charge in [0.25, 0.3) is 0 Å². The van der Waals surface area contributed by atoms with Crippen LogP contribution in [0.3, 0.4) is 0 Å². The van der Waals surface area contributed by atoms with E-state index in [1.807, 2.05) is 44.2 Å². The normalized spacial score (nSPS) is 12.8. The summed E-state index contributed by atoms with van der Waals surface area (Å²) >= 11 is 12.1. The molecule has 0 aliphatic rings. The highest BCUT2D eigenvalue weighted by Crippen LogP contribution is 2.28. The summed E-state index contributed by atoms with van der Waals surface area (Å²) in [4.78, 5) is 12.3. The zero-order chi connectivity index (χ0) is 20.7. The fourth-order valence-electron chi connectivity index (χ4n) is 2.58. The van der Waals surface area contributed by atoms with Crippen LogP contribution in [0.15, 0.2) is 53.4 Å². The van der Waals surface area contributed by atoms with Crippen LogP contribution in [-0.4, -0.2) is 37.8 Å². The van der Waals surface area contributed by atoms with Gasteiger partial charge >= 0.3 is 0 Å². The molecule has 0 fully saturated rings. The molecule has 0 bridgehead atoms. The van der Waals surface area contributed by atoms with Crippen molar-refractivity contribution in [3.8, 4) is 0 Å². The fraction of sp³-hybridized carbons (Fsp3) is 0.350. The molecule has 0 saturated carbocycles. The first-order chi connectivity index (χ1) is 13.2. The summed E-state index contributed by atoms with van der Waals surface area (Å²) in [5.74, 6) is -0.357. The van der Waals surface area contributed by atoms with Crippen molar-refractivity contribution in [1.82, 2.24) is 9.62 Å². The van der Waals surface area contributed by atoms with E-state index in [4.69, 9.17) is 23.2 Å². The lowest BCUT2D eigenvalue weighted by Gasteiger charge is -2.23. The molecule has 2 aromatic carbocycles. The minimum Gasteiger partial charge on any atom is -0.353 e. The number of halogens is 2. The number of carbonyl (C=O) groups excluding carboxylic acids is 1. The third-order valence-corrected chi connectivity index (χ3v) is 6.91. The smallest absolute Gasteiger partial charge is 0.245 e. The monoisotopic (exact) mass is 442 g/mol. The Labute approximate surface area is 176 Å². The summed E-state index contributed by atoms with van der Waals surface area (Å²) in [7, 11) is -4.01. The van der Waals surface area contributed by atoms with Gasteiger partial charge in [0.05, 0.1) is 11.6 Å². The van der Waals surface area contributed by atoms with E-state index in [1.165, 1.54) is 18.2 Å². The molecule has 0 saturated heterocycles. The Balaban J connectivity index is 2.30. The van der Waals surface area contributed by atoms with E-state index < -0.39 is 10.0 Å². The van der Waals surface area contributed by atoms with Gasteiger partial charge in [-0.2, -0.15) is 4.31 Å². The first-order valence-corrected chi connectivity index (χ1v) is 11.2. The maximum atomic E-state index is 13.2. The van der Waals surface area contributed by atoms with Gasteiger partial charge in [0.1, 0.15) is 4.90 Å². The standard InChI is InChI=1S/C20H24Cl2N2O3S/c1-3-15(2)23-20(25)14-24(12-11-16-7-5-4-6-8-16)28(26,27)19-13-17(21)9-10-18(19)22/h4-10,13,15H,3,11-12,14H2,1-2H3,(H,23,25)/t15-/m1/s1. The van der Waals surface area contributed by atoms with E-state index in [9.17, 15) is 13.2 Å². The van der Waals surface area contributed by atoms with E-state index in [0.717, 1.165) is 16.3 Å². The zero-order valence-electron chi connectivity index (χ0n) is 15.9. The second-order valence-corrected chi connectivity index (χ2v) is 9.28. The van der Waals surface area contributed by atoms with Crippen LogP contribution in [0.2, 0.25) is 10.0 Å². The van der Waals surface area contributed by atoms with E-state index in [2.05, 4.69) is 5.32 Å². The highest BCUT2D eigenvalue weighted by molar-refractivity contribution is 7.89. The van der Waals surface area contributed by atoms with Crippen molar-refractivity contribution < 1.29 is 13.2 Å². The summed E-state index contributed by atoms with van der Waals surface area (Å²) in [5.41, 5.74) is 0.974. The number of rotatable bonds is 9. The Morgan fingerprint density at radius 1 is 1.14 bits per heavy atom. The largest absolute Gasteiger partial charge is 0.353 e. The predicted molar refractivity (Wildman–Crippen MR) is 113 cm³/mol. The second kappa shape index (κ2) is 10.3. The van der Waals surface area contributed by atoms with Crippen LogP contribution in [0.1, 0.15) is 25.8 Å². The molecule has 152 valence electrons. The number of nitrogens with one attached hydrogen (secondary N) is 1. The average molecular weight is 443 g/mol. The molecule has 2 rings (SSSR count). The van der Waals surface area contributed by atoms with Crippen LogP contribution in [0.25, 0.3) is 0 Å². The van der Waals surface area contributed by atoms with Gasteiger partial charge < -0.3 is 5.32 Å². The van der Waals surface area contributed by atoms with Gasteiger partial charge in [0, 0.05) is 17.6 Å². The lowest BCUT2D eigenvalue weighted by molar-refractivity contribution is -0.121. The lowest BCUT2D eigenvalue weighted by atomic mass is 10.1. The van der Waals surface area contributed by atoms with Crippen molar-refractivity contribution in [1.29, 1.82) is 0 Å². The molecule has 0 aliphatic heterocycles. The first kappa shape index (κ1) is 22.7. The van der Waals surface area contributed by atoms with Gasteiger partial charge in [-0.25, -0.2) is 8.42 Å². The van der Waals surface area contributed by atoms with Crippen LogP contribution in [-0.2, 0) is 21.2 Å². The van der Waals surface area contributed by atoms with E-state index in [1.54, 1.807) is 0 Å². The van der Waals surface area contributed by atoms with E-state index in [0.29, 0.717) is 6.42 Å². The van der Waals surface area contributed by atoms with Gasteiger partial charge in [-0.15, -0.1) is 0 Å². The van der Waals surface area contributed by atoms with Gasteiger partial charge in [-0.05, 0) is 43.5 Å². The van der Waals surface area contributed by atoms with Crippen LogP contribution in [0.4, 0.5) is 0 Å². The van der Waals surface area contributed by atoms with Crippen molar-refractivity contribution in [3.63, 3.8) is 0 Å². The topological polar surface area (TPSA) is 66.5 Å². The molecule has 1 N–H and O–H groups in total. The van der Waals surface area contributed by atoms with Crippen LogP contribution < -0.4 is 5.32 Å². The molecule has 0 aromatic heterocycles. The van der Waals surface area contributed by atoms with Gasteiger partial charge in [0.2, 0.25) is 15.9 Å². The molecular formula is C20H24Cl2N2O3S. The SMILES string of the molecule is CC[C@@H](C)NC(=O)CN(CCc1ccccc1)S(=O)(=O)c1cc(Cl)ccc1Cl. The molecule has 0 unspecified atom stereocenters. The average Bonchev–Trinajstić information content (AvgIpc) is 2.67. The molecule has 28 heavy (non-hydrogen) atoms. The number of nitrogens with zero attached hydrogens (tertiary/aromatic N) is 1. The molecule has 0 aliphatic carbocycles. The zero-order valence-corrected chi connectivity index (χ0v) is 18.2. The predicted octanol–water partition coefficient (Wildman–Crippen LogP) is 4.14. The molecule has 0 radical (unpaired) electrons. The Morgan fingerprint density at radius 2 is 1.82 bits per heavy atom. The Bertz CT molecular complexity index is 905. The van der Waals surface area contributed by atoms with Crippen molar-refractivity contribution in [2.24, 2.45) is 0 Å². The molecular weight excluding hydrogens is 419 g/mol. The van der Waals surface area contributed by atoms with Crippen molar-refractivity contribution in [3.05, 3.63) is 64.1 Å². The number of sulfonamides is 1. The minimum atomic E-state index is -4.01. The van der Waals surface area contributed by atoms with Crippen molar-refractivity contribution in [2.45, 2.75) is 37.6 Å². The summed E-state index contributed by atoms with van der Waals surface area (Å²) < 4.78 is 27.6. The third kappa shape index (κ3) is 6.21. The van der Waals surface area contributed by atoms with Gasteiger partial charge in [0.15, 0.2) is 0 Å². The number of amides is 1. The van der Waals surface area contributed by atoms with Crippen LogP contribution >= 0.6 is 23.2 Å². The molecule has 0 spiro atoms. The van der Waals surface area contributed by atoms with Gasteiger partial charge in [-0.3, -0.25) is 4.79 Å². The molecule has 2 aromatic rings. The molecule has 1 amide bonds. The number of hydrogen-bond donors (Lipinski definition) is 1. The second-order valence-electron chi connectivity index (χ2n) is 6.53. The Morgan fingerprint density at radius 3 is 2.46 bits per heavy atom. The van der Waals surface area contributed by atoms with Crippen LogP contribution in [0, 0.1) is 0 Å². The Kier molecular flexibility index (Phi) is 8.31. The molecule has 0 heterocycles. The maximum absolute atomic E-state index is 13.2. The molecule has 5 nitrogen and oxygen atoms in total. The quantitative estimate of drug-likeness (QED) is 0.634. The van der Waals surface area contributed by atoms with Crippen LogP contribution in [0.5, 0.6) is 0 Å². The highest BCUT2D eigenvalue weighted by atomic mass is 35.5. The lowest BCUT2D eigenvalue weighted by Crippen LogP contribution is -2.44. The summed E-state index contributed by atoms with van der Waals surface area (Å²) in [6.45, 7) is 3.67. The van der Waals surface area contributed by atoms with E-state index >= 15 is 0 Å². The number of carbonyl (C=O) groups is 1. The van der Waals surface area contributed by atoms with Gasteiger partial charge in [-0.1, -0.05) is 60.5 Å². The molecule has 8 heteroatoms. The minimum absolute atomic E-state index is 0.0408. The van der Waals surface area contributed by atoms with E-state index in [-0.39, 0.29) is 40.0 Å². The highest BCUT2D eigenvalue weighted by Gasteiger charge is 2.29. The van der Waals surface area contributed by atoms with Crippen molar-refractivity contribution >= 4 is 39.1 Å². The maximum Gasteiger partial charge on any atom is 0.245 e. The molecule has 1 atom stereocenters. The summed E-state index contributed by atoms with van der Waals surface area (Å²) in [6.07, 6.45) is 1.22. The number of benzene rings is 2. The third-order valence-electron chi connectivity index (χ3n) is 4.34. The Hall–Kier alpha value is -1.60. The first-order valence-electron chi connectivity index (χ1n) is 9.02. The number of hydrogen-bond acceptors (Lipinski definition) is 3.